The van der Waals surface area contributed by atoms with E-state index in [2.05, 4.69) is 44.8 Å². The molecule has 4 rings (SSSR count). The van der Waals surface area contributed by atoms with Gasteiger partial charge in [0.15, 0.2) is 5.13 Å². The second-order valence-corrected chi connectivity index (χ2v) is 7.49. The minimum Gasteiger partial charge on any atom is -0.478 e. The maximum absolute atomic E-state index is 10.9. The number of aromatic nitrogens is 1. The Morgan fingerprint density at radius 1 is 1.07 bits per heavy atom. The average molecular weight is 379 g/mol. The molecule has 1 saturated heterocycles. The number of carboxylic acids is 1. The van der Waals surface area contributed by atoms with Crippen molar-refractivity contribution in [3.63, 3.8) is 0 Å². The van der Waals surface area contributed by atoms with Crippen molar-refractivity contribution in [2.45, 2.75) is 19.4 Å². The molecule has 1 aromatic heterocycles. The van der Waals surface area contributed by atoms with Gasteiger partial charge in [-0.3, -0.25) is 0 Å². The number of anilines is 2. The highest BCUT2D eigenvalue weighted by molar-refractivity contribution is 7.14. The van der Waals surface area contributed by atoms with E-state index in [4.69, 9.17) is 5.11 Å². The Hall–Kier alpha value is -2.86. The van der Waals surface area contributed by atoms with Gasteiger partial charge in [-0.05, 0) is 42.7 Å². The largest absolute Gasteiger partial charge is 0.478 e. The van der Waals surface area contributed by atoms with Gasteiger partial charge < -0.3 is 15.3 Å². The van der Waals surface area contributed by atoms with Crippen LogP contribution in [0.5, 0.6) is 0 Å². The van der Waals surface area contributed by atoms with E-state index in [0.29, 0.717) is 12.1 Å². The minimum atomic E-state index is -0.908. The molecule has 0 spiro atoms. The summed E-state index contributed by atoms with van der Waals surface area (Å²) in [7, 11) is 0. The highest BCUT2D eigenvalue weighted by atomic mass is 32.1. The normalized spacial score (nSPS) is 13.7. The molecule has 0 aliphatic carbocycles. The van der Waals surface area contributed by atoms with E-state index in [-0.39, 0.29) is 0 Å². The summed E-state index contributed by atoms with van der Waals surface area (Å²) in [4.78, 5) is 18.0. The van der Waals surface area contributed by atoms with Crippen molar-refractivity contribution >= 4 is 28.1 Å². The van der Waals surface area contributed by atoms with Crippen LogP contribution < -0.4 is 10.2 Å². The second-order valence-electron chi connectivity index (χ2n) is 6.63. The minimum absolute atomic E-state index is 0.299. The molecule has 0 bridgehead atoms. The van der Waals surface area contributed by atoms with Crippen molar-refractivity contribution in [1.29, 1.82) is 0 Å². The Morgan fingerprint density at radius 3 is 2.44 bits per heavy atom. The lowest BCUT2D eigenvalue weighted by Gasteiger charge is -2.17. The van der Waals surface area contributed by atoms with Crippen LogP contribution in [0.25, 0.3) is 11.3 Å². The van der Waals surface area contributed by atoms with Crippen LogP contribution in [-0.4, -0.2) is 29.1 Å². The number of nitrogens with zero attached hydrogens (tertiary/aromatic N) is 2. The number of benzene rings is 2. The SMILES string of the molecule is O=C(O)c1ccc(CNc2nc(-c3ccc(N4CCCC4)cc3)cs2)cc1. The molecule has 2 heterocycles. The molecule has 1 aliphatic heterocycles. The van der Waals surface area contributed by atoms with Gasteiger partial charge in [-0.25, -0.2) is 9.78 Å². The van der Waals surface area contributed by atoms with Gasteiger partial charge in [0.05, 0.1) is 11.3 Å². The van der Waals surface area contributed by atoms with Crippen molar-refractivity contribution in [2.24, 2.45) is 0 Å². The average Bonchev–Trinajstić information content (AvgIpc) is 3.39. The fourth-order valence-corrected chi connectivity index (χ4v) is 3.97. The number of carboxylic acid groups (broad SMARTS) is 1. The molecule has 1 aliphatic rings. The molecule has 138 valence electrons. The van der Waals surface area contributed by atoms with Gasteiger partial charge in [0, 0.05) is 36.3 Å². The lowest BCUT2D eigenvalue weighted by Crippen LogP contribution is -2.17. The number of rotatable bonds is 6. The summed E-state index contributed by atoms with van der Waals surface area (Å²) in [6, 6.07) is 15.5. The Bertz CT molecular complexity index is 913. The van der Waals surface area contributed by atoms with Gasteiger partial charge >= 0.3 is 5.97 Å². The number of carbonyl (C=O) groups is 1. The summed E-state index contributed by atoms with van der Waals surface area (Å²) in [5.74, 6) is -0.908. The van der Waals surface area contributed by atoms with Crippen LogP contribution in [0.2, 0.25) is 0 Å². The zero-order chi connectivity index (χ0) is 18.6. The van der Waals surface area contributed by atoms with Crippen LogP contribution in [0.1, 0.15) is 28.8 Å². The van der Waals surface area contributed by atoms with Crippen molar-refractivity contribution in [2.75, 3.05) is 23.3 Å². The number of hydrogen-bond acceptors (Lipinski definition) is 5. The molecular weight excluding hydrogens is 358 g/mol. The van der Waals surface area contributed by atoms with Gasteiger partial charge in [0.1, 0.15) is 0 Å². The van der Waals surface area contributed by atoms with Crippen LogP contribution >= 0.6 is 11.3 Å². The summed E-state index contributed by atoms with van der Waals surface area (Å²) in [5.41, 5.74) is 4.69. The van der Waals surface area contributed by atoms with Crippen LogP contribution in [-0.2, 0) is 6.54 Å². The van der Waals surface area contributed by atoms with E-state index < -0.39 is 5.97 Å². The molecule has 6 heteroatoms. The van der Waals surface area contributed by atoms with E-state index in [1.807, 2.05) is 12.1 Å². The monoisotopic (exact) mass is 379 g/mol. The topological polar surface area (TPSA) is 65.5 Å². The highest BCUT2D eigenvalue weighted by Gasteiger charge is 2.12. The number of aromatic carboxylic acids is 1. The van der Waals surface area contributed by atoms with Crippen LogP contribution in [0.3, 0.4) is 0 Å². The maximum Gasteiger partial charge on any atom is 0.335 e. The molecular formula is C21H21N3O2S. The van der Waals surface area contributed by atoms with Gasteiger partial charge in [-0.15, -0.1) is 11.3 Å². The fraction of sp³-hybridized carbons (Fsp3) is 0.238. The first-order chi connectivity index (χ1) is 13.2. The molecule has 0 unspecified atom stereocenters. The molecule has 1 fully saturated rings. The quantitative estimate of drug-likeness (QED) is 0.649. The third-order valence-electron chi connectivity index (χ3n) is 4.78. The Labute approximate surface area is 162 Å². The smallest absolute Gasteiger partial charge is 0.335 e. The Balaban J connectivity index is 1.38. The summed E-state index contributed by atoms with van der Waals surface area (Å²) in [6.45, 7) is 2.91. The van der Waals surface area contributed by atoms with E-state index in [0.717, 1.165) is 35.0 Å². The molecule has 0 atom stereocenters. The van der Waals surface area contributed by atoms with Gasteiger partial charge in [0.25, 0.3) is 0 Å². The molecule has 0 amide bonds. The van der Waals surface area contributed by atoms with E-state index in [1.54, 1.807) is 23.5 Å². The lowest BCUT2D eigenvalue weighted by atomic mass is 10.1. The Morgan fingerprint density at radius 2 is 1.78 bits per heavy atom. The fourth-order valence-electron chi connectivity index (χ4n) is 3.25. The van der Waals surface area contributed by atoms with Gasteiger partial charge in [-0.2, -0.15) is 0 Å². The van der Waals surface area contributed by atoms with Crippen molar-refractivity contribution < 1.29 is 9.90 Å². The lowest BCUT2D eigenvalue weighted by molar-refractivity contribution is 0.0697. The van der Waals surface area contributed by atoms with Crippen LogP contribution in [0.15, 0.2) is 53.9 Å². The molecule has 2 aromatic carbocycles. The van der Waals surface area contributed by atoms with Crippen molar-refractivity contribution in [1.82, 2.24) is 4.98 Å². The molecule has 5 nitrogen and oxygen atoms in total. The molecule has 3 aromatic rings. The zero-order valence-corrected chi connectivity index (χ0v) is 15.7. The van der Waals surface area contributed by atoms with Crippen molar-refractivity contribution in [3.8, 4) is 11.3 Å². The first-order valence-corrected chi connectivity index (χ1v) is 9.94. The number of hydrogen-bond donors (Lipinski definition) is 2. The first kappa shape index (κ1) is 17.5. The summed E-state index contributed by atoms with van der Waals surface area (Å²) < 4.78 is 0. The number of thiazole rings is 1. The third-order valence-corrected chi connectivity index (χ3v) is 5.58. The van der Waals surface area contributed by atoms with Crippen LogP contribution in [0, 0.1) is 0 Å². The molecule has 0 radical (unpaired) electrons. The van der Waals surface area contributed by atoms with E-state index >= 15 is 0 Å². The highest BCUT2D eigenvalue weighted by Crippen LogP contribution is 2.28. The second kappa shape index (κ2) is 7.80. The standard InChI is InChI=1S/C21H21N3O2S/c25-20(26)17-5-3-15(4-6-17)13-22-21-23-19(14-27-21)16-7-9-18(10-8-16)24-11-1-2-12-24/h3-10,14H,1-2,11-13H2,(H,22,23)(H,25,26). The Kier molecular flexibility index (Phi) is 5.07. The first-order valence-electron chi connectivity index (χ1n) is 9.06. The predicted octanol–water partition coefficient (Wildman–Crippen LogP) is 4.72. The summed E-state index contributed by atoms with van der Waals surface area (Å²) in [5, 5.41) is 15.2. The van der Waals surface area contributed by atoms with E-state index in [1.165, 1.54) is 18.5 Å². The third kappa shape index (κ3) is 4.11. The van der Waals surface area contributed by atoms with Crippen LogP contribution in [0.4, 0.5) is 10.8 Å². The molecule has 27 heavy (non-hydrogen) atoms. The number of nitrogens with one attached hydrogen (secondary N) is 1. The van der Waals surface area contributed by atoms with Gasteiger partial charge in [0.2, 0.25) is 0 Å². The van der Waals surface area contributed by atoms with Crippen molar-refractivity contribution in [3.05, 3.63) is 65.0 Å². The van der Waals surface area contributed by atoms with Gasteiger partial charge in [-0.1, -0.05) is 24.3 Å². The summed E-state index contributed by atoms with van der Waals surface area (Å²) >= 11 is 1.57. The molecule has 0 saturated carbocycles. The maximum atomic E-state index is 10.9. The molecule has 2 N–H and O–H groups in total. The summed E-state index contributed by atoms with van der Waals surface area (Å²) in [6.07, 6.45) is 2.56. The van der Waals surface area contributed by atoms with E-state index in [9.17, 15) is 4.79 Å². The zero-order valence-electron chi connectivity index (χ0n) is 14.9. The predicted molar refractivity (Wildman–Crippen MR) is 110 cm³/mol.